The smallest absolute Gasteiger partial charge is 0.253 e. The van der Waals surface area contributed by atoms with E-state index >= 15 is 0 Å². The van der Waals surface area contributed by atoms with Crippen molar-refractivity contribution >= 4 is 22.4 Å². The first-order chi connectivity index (χ1) is 14.9. The fraction of sp³-hybridized carbons (Fsp3) is 0.375. The Morgan fingerprint density at radius 2 is 2.03 bits per heavy atom. The Morgan fingerprint density at radius 1 is 1.26 bits per heavy atom. The zero-order chi connectivity index (χ0) is 22.1. The summed E-state index contributed by atoms with van der Waals surface area (Å²) >= 11 is 0. The summed E-state index contributed by atoms with van der Waals surface area (Å²) < 4.78 is 13.9. The molecular formula is C24H29FN4O2. The molecule has 3 aromatic rings. The highest BCUT2D eigenvalue weighted by atomic mass is 19.1. The van der Waals surface area contributed by atoms with Gasteiger partial charge in [-0.05, 0) is 56.6 Å². The number of aryl methyl sites for hydroxylation is 1. The molecule has 1 amide bonds. The Bertz CT molecular complexity index is 1150. The number of fused-ring (bicyclic) bond motifs is 2. The minimum atomic E-state index is -0.361. The molecule has 2 heterocycles. The van der Waals surface area contributed by atoms with Crippen molar-refractivity contribution in [3.05, 3.63) is 58.2 Å². The molecule has 4 N–H and O–H groups in total. The van der Waals surface area contributed by atoms with Crippen molar-refractivity contribution in [1.29, 1.82) is 0 Å². The van der Waals surface area contributed by atoms with Gasteiger partial charge in [0.05, 0.1) is 16.8 Å². The van der Waals surface area contributed by atoms with Crippen LogP contribution in [-0.2, 0) is 6.42 Å². The van der Waals surface area contributed by atoms with Crippen LogP contribution in [0, 0.1) is 12.7 Å². The molecule has 0 saturated carbocycles. The zero-order valence-corrected chi connectivity index (χ0v) is 18.2. The normalized spacial score (nSPS) is 13.5. The molecule has 0 radical (unpaired) electrons. The maximum atomic E-state index is 13.9. The molecule has 0 bridgehead atoms. The number of hydrogen-bond acceptors (Lipinski definition) is 3. The van der Waals surface area contributed by atoms with E-state index in [1.165, 1.54) is 12.1 Å². The molecule has 1 aliphatic rings. The highest BCUT2D eigenvalue weighted by Crippen LogP contribution is 2.41. The minimum absolute atomic E-state index is 0.00261. The van der Waals surface area contributed by atoms with E-state index in [0.717, 1.165) is 55.0 Å². The van der Waals surface area contributed by atoms with Gasteiger partial charge in [0.15, 0.2) is 5.88 Å². The SMILES string of the molecule is CCN(CC)CCNC(=O)c1c(C)[nH]c2c1CCC=C2c1c(O)[nH]c2ccc(F)cc12. The Hall–Kier alpha value is -3.06. The van der Waals surface area contributed by atoms with E-state index in [4.69, 9.17) is 0 Å². The number of aromatic hydroxyl groups is 1. The number of aromatic nitrogens is 2. The predicted octanol–water partition coefficient (Wildman–Crippen LogP) is 4.10. The molecule has 0 spiro atoms. The number of nitrogens with zero attached hydrogens (tertiary/aromatic N) is 1. The molecule has 6 nitrogen and oxygen atoms in total. The lowest BCUT2D eigenvalue weighted by Crippen LogP contribution is -2.35. The van der Waals surface area contributed by atoms with Gasteiger partial charge in [0.25, 0.3) is 5.91 Å². The van der Waals surface area contributed by atoms with Crippen molar-refractivity contribution in [3.63, 3.8) is 0 Å². The third-order valence-corrected chi connectivity index (χ3v) is 6.15. The summed E-state index contributed by atoms with van der Waals surface area (Å²) in [7, 11) is 0. The fourth-order valence-corrected chi connectivity index (χ4v) is 4.53. The van der Waals surface area contributed by atoms with Crippen LogP contribution in [0.3, 0.4) is 0 Å². The van der Waals surface area contributed by atoms with Gasteiger partial charge in [-0.3, -0.25) is 4.79 Å². The topological polar surface area (TPSA) is 84.2 Å². The molecule has 0 aliphatic heterocycles. The monoisotopic (exact) mass is 424 g/mol. The lowest BCUT2D eigenvalue weighted by Gasteiger charge is -2.18. The molecule has 7 heteroatoms. The van der Waals surface area contributed by atoms with Crippen LogP contribution in [0.25, 0.3) is 16.5 Å². The number of carbonyl (C=O) groups is 1. The molecular weight excluding hydrogens is 395 g/mol. The van der Waals surface area contributed by atoms with Crippen molar-refractivity contribution in [2.24, 2.45) is 0 Å². The van der Waals surface area contributed by atoms with E-state index in [9.17, 15) is 14.3 Å². The van der Waals surface area contributed by atoms with Crippen LogP contribution in [-0.4, -0.2) is 52.1 Å². The molecule has 0 atom stereocenters. The first-order valence-corrected chi connectivity index (χ1v) is 10.9. The highest BCUT2D eigenvalue weighted by molar-refractivity contribution is 6.03. The predicted molar refractivity (Wildman–Crippen MR) is 121 cm³/mol. The Balaban J connectivity index is 1.67. The van der Waals surface area contributed by atoms with E-state index in [0.29, 0.717) is 28.6 Å². The third-order valence-electron chi connectivity index (χ3n) is 6.15. The number of halogens is 1. The second kappa shape index (κ2) is 8.59. The van der Waals surface area contributed by atoms with Crippen molar-refractivity contribution in [2.75, 3.05) is 26.2 Å². The highest BCUT2D eigenvalue weighted by Gasteiger charge is 2.28. The zero-order valence-electron chi connectivity index (χ0n) is 18.2. The summed E-state index contributed by atoms with van der Waals surface area (Å²) in [4.78, 5) is 21.5. The number of rotatable bonds is 7. The molecule has 4 rings (SSSR count). The summed E-state index contributed by atoms with van der Waals surface area (Å²) in [6.45, 7) is 9.41. The van der Waals surface area contributed by atoms with Crippen molar-refractivity contribution in [2.45, 2.75) is 33.6 Å². The molecule has 164 valence electrons. The Labute approximate surface area is 181 Å². The number of amides is 1. The van der Waals surface area contributed by atoms with Crippen molar-refractivity contribution < 1.29 is 14.3 Å². The number of allylic oxidation sites excluding steroid dienone is 1. The largest absolute Gasteiger partial charge is 0.494 e. The molecule has 2 aromatic heterocycles. The lowest BCUT2D eigenvalue weighted by molar-refractivity contribution is 0.0947. The Morgan fingerprint density at radius 3 is 2.77 bits per heavy atom. The van der Waals surface area contributed by atoms with E-state index in [1.807, 2.05) is 13.0 Å². The van der Waals surface area contributed by atoms with Gasteiger partial charge < -0.3 is 25.3 Å². The van der Waals surface area contributed by atoms with E-state index in [2.05, 4.69) is 34.0 Å². The lowest BCUT2D eigenvalue weighted by atomic mass is 9.89. The van der Waals surface area contributed by atoms with Crippen LogP contribution in [0.15, 0.2) is 24.3 Å². The van der Waals surface area contributed by atoms with Gasteiger partial charge in [-0.1, -0.05) is 19.9 Å². The number of benzene rings is 1. The van der Waals surface area contributed by atoms with Crippen LogP contribution in [0.1, 0.15) is 53.1 Å². The summed E-state index contributed by atoms with van der Waals surface area (Å²) in [6, 6.07) is 4.40. The molecule has 0 unspecified atom stereocenters. The van der Waals surface area contributed by atoms with Gasteiger partial charge in [0, 0.05) is 35.3 Å². The number of aromatic amines is 2. The van der Waals surface area contributed by atoms with Crippen LogP contribution in [0.5, 0.6) is 5.88 Å². The van der Waals surface area contributed by atoms with E-state index < -0.39 is 0 Å². The Kier molecular flexibility index (Phi) is 5.87. The van der Waals surface area contributed by atoms with Crippen LogP contribution < -0.4 is 5.32 Å². The van der Waals surface area contributed by atoms with Gasteiger partial charge >= 0.3 is 0 Å². The van der Waals surface area contributed by atoms with E-state index in [1.54, 1.807) is 6.07 Å². The van der Waals surface area contributed by atoms with Crippen LogP contribution in [0.4, 0.5) is 4.39 Å². The molecule has 1 aliphatic carbocycles. The summed E-state index contributed by atoms with van der Waals surface area (Å²) in [5.41, 5.74) is 5.25. The number of likely N-dealkylation sites (N-methyl/N-ethyl adjacent to an activating group) is 1. The second-order valence-corrected chi connectivity index (χ2v) is 7.96. The summed E-state index contributed by atoms with van der Waals surface area (Å²) in [6.07, 6.45) is 3.51. The minimum Gasteiger partial charge on any atom is -0.494 e. The maximum Gasteiger partial charge on any atom is 0.253 e. The second-order valence-electron chi connectivity index (χ2n) is 7.96. The summed E-state index contributed by atoms with van der Waals surface area (Å²) in [5.74, 6) is -0.449. The maximum absolute atomic E-state index is 13.9. The fourth-order valence-electron chi connectivity index (χ4n) is 4.53. The quantitative estimate of drug-likeness (QED) is 0.461. The van der Waals surface area contributed by atoms with Gasteiger partial charge in [-0.25, -0.2) is 4.39 Å². The average molecular weight is 425 g/mol. The van der Waals surface area contributed by atoms with Gasteiger partial charge in [-0.15, -0.1) is 0 Å². The number of hydrogen-bond donors (Lipinski definition) is 4. The molecule has 0 saturated heterocycles. The van der Waals surface area contributed by atoms with Crippen LogP contribution in [0.2, 0.25) is 0 Å². The van der Waals surface area contributed by atoms with Gasteiger partial charge in [0.1, 0.15) is 5.82 Å². The van der Waals surface area contributed by atoms with E-state index in [-0.39, 0.29) is 17.6 Å². The number of nitrogens with one attached hydrogen (secondary N) is 3. The van der Waals surface area contributed by atoms with Gasteiger partial charge in [0.2, 0.25) is 0 Å². The number of H-pyrrole nitrogens is 2. The third kappa shape index (κ3) is 3.85. The first kappa shape index (κ1) is 21.2. The first-order valence-electron chi connectivity index (χ1n) is 10.9. The molecule has 1 aromatic carbocycles. The van der Waals surface area contributed by atoms with Crippen molar-refractivity contribution in [3.8, 4) is 5.88 Å². The molecule has 0 fully saturated rings. The van der Waals surface area contributed by atoms with Crippen molar-refractivity contribution in [1.82, 2.24) is 20.2 Å². The van der Waals surface area contributed by atoms with Gasteiger partial charge in [-0.2, -0.15) is 0 Å². The van der Waals surface area contributed by atoms with Crippen LogP contribution >= 0.6 is 0 Å². The molecule has 31 heavy (non-hydrogen) atoms. The number of carbonyl (C=O) groups excluding carboxylic acids is 1. The standard InChI is InChI=1S/C24H29FN4O2/c1-4-29(5-2)12-11-26-23(30)20-14(3)27-22-16(20)7-6-8-17(22)21-18-13-15(25)9-10-19(18)28-24(21)31/h8-10,13,27-28,31H,4-7,11-12H2,1-3H3,(H,26,30). The summed E-state index contributed by atoms with van der Waals surface area (Å²) in [5, 5.41) is 14.3. The average Bonchev–Trinajstić information content (AvgIpc) is 3.26.